The molecule has 2 rings (SSSR count). The minimum Gasteiger partial charge on any atom is -0.493 e. The van der Waals surface area contributed by atoms with Crippen LogP contribution in [0.2, 0.25) is 0 Å². The monoisotopic (exact) mass is 389 g/mol. The van der Waals surface area contributed by atoms with E-state index in [-0.39, 0.29) is 24.0 Å². The predicted molar refractivity (Wildman–Crippen MR) is 94.2 cm³/mol. The summed E-state index contributed by atoms with van der Waals surface area (Å²) in [5.41, 5.74) is 2.41. The van der Waals surface area contributed by atoms with E-state index in [1.54, 1.807) is 0 Å². The van der Waals surface area contributed by atoms with E-state index in [4.69, 9.17) is 4.74 Å². The minimum absolute atomic E-state index is 0. The summed E-state index contributed by atoms with van der Waals surface area (Å²) in [6, 6.07) is 6.35. The van der Waals surface area contributed by atoms with Crippen LogP contribution < -0.4 is 10.1 Å². The van der Waals surface area contributed by atoms with Crippen LogP contribution in [0.1, 0.15) is 24.5 Å². The summed E-state index contributed by atoms with van der Waals surface area (Å²) >= 11 is 0. The third kappa shape index (κ3) is 4.54. The summed E-state index contributed by atoms with van der Waals surface area (Å²) in [6.07, 6.45) is 1.02. The van der Waals surface area contributed by atoms with Crippen molar-refractivity contribution in [3.8, 4) is 5.75 Å². The molecule has 0 fully saturated rings. The molecule has 1 aliphatic heterocycles. The van der Waals surface area contributed by atoms with Crippen LogP contribution in [0.5, 0.6) is 5.75 Å². The average Bonchev–Trinajstić information content (AvgIpc) is 2.81. The molecule has 0 spiro atoms. The van der Waals surface area contributed by atoms with Crippen molar-refractivity contribution in [3.63, 3.8) is 0 Å². The van der Waals surface area contributed by atoms with Gasteiger partial charge in [0.25, 0.3) is 0 Å². The zero-order chi connectivity index (χ0) is 13.7. The van der Waals surface area contributed by atoms with E-state index in [1.807, 2.05) is 0 Å². The summed E-state index contributed by atoms with van der Waals surface area (Å²) in [5.74, 6) is 1.96. The van der Waals surface area contributed by atoms with E-state index >= 15 is 0 Å². The Balaban J connectivity index is 0.00000200. The smallest absolute Gasteiger partial charge is 0.194 e. The van der Waals surface area contributed by atoms with Crippen molar-refractivity contribution >= 4 is 29.9 Å². The Morgan fingerprint density at radius 2 is 2.20 bits per heavy atom. The molecule has 0 aliphatic carbocycles. The molecule has 1 aliphatic rings. The molecular weight excluding hydrogens is 365 g/mol. The second-order valence-electron chi connectivity index (χ2n) is 4.94. The number of hydrogen-bond acceptors (Lipinski definition) is 4. The molecule has 0 radical (unpaired) electrons. The van der Waals surface area contributed by atoms with Gasteiger partial charge in [-0.15, -0.1) is 24.0 Å². The van der Waals surface area contributed by atoms with Crippen LogP contribution in [-0.2, 0) is 6.54 Å². The fraction of sp³-hybridized carbons (Fsp3) is 0.533. The first-order valence-electron chi connectivity index (χ1n) is 6.92. The number of likely N-dealkylation sites (N-methyl/N-ethyl adjacent to an activating group) is 1. The van der Waals surface area contributed by atoms with Crippen LogP contribution in [0.25, 0.3) is 0 Å². The molecule has 0 bridgehead atoms. The quantitative estimate of drug-likeness (QED) is 0.787. The van der Waals surface area contributed by atoms with Gasteiger partial charge in [-0.05, 0) is 25.0 Å². The molecule has 0 atom stereocenters. The number of aliphatic imine (C=N–C) groups is 1. The molecule has 0 saturated heterocycles. The van der Waals surface area contributed by atoms with Gasteiger partial charge >= 0.3 is 0 Å². The zero-order valence-electron chi connectivity index (χ0n) is 12.5. The van der Waals surface area contributed by atoms with Crippen molar-refractivity contribution in [2.24, 2.45) is 4.99 Å². The van der Waals surface area contributed by atoms with E-state index in [9.17, 15) is 0 Å². The van der Waals surface area contributed by atoms with E-state index in [0.29, 0.717) is 0 Å². The molecule has 0 saturated carbocycles. The third-order valence-electron chi connectivity index (χ3n) is 3.18. The predicted octanol–water partition coefficient (Wildman–Crippen LogP) is 2.79. The van der Waals surface area contributed by atoms with Gasteiger partial charge in [-0.25, -0.2) is 0 Å². The molecule has 0 amide bonds. The van der Waals surface area contributed by atoms with Gasteiger partial charge in [-0.1, -0.05) is 19.1 Å². The molecule has 1 heterocycles. The molecule has 112 valence electrons. The highest BCUT2D eigenvalue weighted by atomic mass is 127. The maximum absolute atomic E-state index is 5.82. The second-order valence-corrected chi connectivity index (χ2v) is 4.94. The Kier molecular flexibility index (Phi) is 7.12. The lowest BCUT2D eigenvalue weighted by Crippen LogP contribution is -2.35. The molecule has 1 aromatic carbocycles. The van der Waals surface area contributed by atoms with Gasteiger partial charge < -0.3 is 15.0 Å². The van der Waals surface area contributed by atoms with Gasteiger partial charge in [-0.2, -0.15) is 0 Å². The van der Waals surface area contributed by atoms with Crippen molar-refractivity contribution < 1.29 is 4.74 Å². The number of hydrogen-bond donors (Lipinski definition) is 1. The zero-order valence-corrected chi connectivity index (χ0v) is 14.8. The summed E-state index contributed by atoms with van der Waals surface area (Å²) in [6.45, 7) is 7.60. The van der Waals surface area contributed by atoms with Gasteiger partial charge in [0.2, 0.25) is 0 Å². The van der Waals surface area contributed by atoms with E-state index in [1.165, 1.54) is 11.1 Å². The van der Waals surface area contributed by atoms with Gasteiger partial charge in [0.1, 0.15) is 5.75 Å². The van der Waals surface area contributed by atoms with Crippen molar-refractivity contribution in [1.82, 2.24) is 10.2 Å². The van der Waals surface area contributed by atoms with Crippen molar-refractivity contribution in [3.05, 3.63) is 29.3 Å². The fourth-order valence-electron chi connectivity index (χ4n) is 2.05. The maximum Gasteiger partial charge on any atom is 0.194 e. The number of ether oxygens (including phenoxy) is 1. The van der Waals surface area contributed by atoms with Gasteiger partial charge in [0, 0.05) is 25.7 Å². The van der Waals surface area contributed by atoms with Gasteiger partial charge in [0.15, 0.2) is 5.96 Å². The molecule has 1 aromatic rings. The molecule has 0 unspecified atom stereocenters. The van der Waals surface area contributed by atoms with Crippen molar-refractivity contribution in [1.29, 1.82) is 0 Å². The lowest BCUT2D eigenvalue weighted by Gasteiger charge is -2.17. The van der Waals surface area contributed by atoms with Crippen LogP contribution in [-0.4, -0.2) is 37.6 Å². The second kappa shape index (κ2) is 8.34. The molecular formula is C15H24IN3O. The fourth-order valence-corrected chi connectivity index (χ4v) is 2.05. The SMILES string of the molecule is CCCOc1cc(C)ccc1CNC1=NCCN1C.I. The Hall–Kier alpha value is -0.980. The Bertz CT molecular complexity index is 462. The van der Waals surface area contributed by atoms with Crippen LogP contribution in [0.4, 0.5) is 0 Å². The number of aryl methyl sites for hydroxylation is 1. The highest BCUT2D eigenvalue weighted by Gasteiger charge is 2.12. The van der Waals surface area contributed by atoms with Crippen molar-refractivity contribution in [2.75, 3.05) is 26.7 Å². The van der Waals surface area contributed by atoms with Crippen LogP contribution in [0.15, 0.2) is 23.2 Å². The number of halogens is 1. The summed E-state index contributed by atoms with van der Waals surface area (Å²) in [7, 11) is 2.06. The molecule has 1 N–H and O–H groups in total. The first-order chi connectivity index (χ1) is 9.20. The topological polar surface area (TPSA) is 36.9 Å². The average molecular weight is 389 g/mol. The van der Waals surface area contributed by atoms with Gasteiger partial charge in [-0.3, -0.25) is 4.99 Å². The summed E-state index contributed by atoms with van der Waals surface area (Å²) in [5, 5.41) is 3.38. The van der Waals surface area contributed by atoms with E-state index in [2.05, 4.69) is 54.3 Å². The molecule has 4 nitrogen and oxygen atoms in total. The van der Waals surface area contributed by atoms with Crippen molar-refractivity contribution in [2.45, 2.75) is 26.8 Å². The largest absolute Gasteiger partial charge is 0.493 e. The number of nitrogens with zero attached hydrogens (tertiary/aromatic N) is 2. The number of rotatable bonds is 5. The Morgan fingerprint density at radius 3 is 2.85 bits per heavy atom. The number of guanidine groups is 1. The van der Waals surface area contributed by atoms with E-state index < -0.39 is 0 Å². The Labute approximate surface area is 138 Å². The highest BCUT2D eigenvalue weighted by molar-refractivity contribution is 14.0. The number of benzene rings is 1. The first kappa shape index (κ1) is 17.1. The summed E-state index contributed by atoms with van der Waals surface area (Å²) in [4.78, 5) is 6.57. The lowest BCUT2D eigenvalue weighted by molar-refractivity contribution is 0.313. The van der Waals surface area contributed by atoms with Gasteiger partial charge in [0.05, 0.1) is 13.2 Å². The molecule has 5 heteroatoms. The molecule has 0 aromatic heterocycles. The van der Waals surface area contributed by atoms with Crippen LogP contribution in [0.3, 0.4) is 0 Å². The lowest BCUT2D eigenvalue weighted by atomic mass is 10.1. The number of nitrogens with one attached hydrogen (secondary N) is 1. The normalized spacial score (nSPS) is 13.8. The maximum atomic E-state index is 5.82. The van der Waals surface area contributed by atoms with Crippen LogP contribution in [0, 0.1) is 6.92 Å². The van der Waals surface area contributed by atoms with E-state index in [0.717, 1.165) is 44.4 Å². The highest BCUT2D eigenvalue weighted by Crippen LogP contribution is 2.20. The first-order valence-corrected chi connectivity index (χ1v) is 6.92. The minimum atomic E-state index is 0. The third-order valence-corrected chi connectivity index (χ3v) is 3.18. The van der Waals surface area contributed by atoms with Crippen LogP contribution >= 0.6 is 24.0 Å². The summed E-state index contributed by atoms with van der Waals surface area (Å²) < 4.78 is 5.82. The Morgan fingerprint density at radius 1 is 1.40 bits per heavy atom. The standard InChI is InChI=1S/C15H23N3O.HI/c1-4-9-19-14-10-12(2)5-6-13(14)11-17-15-16-7-8-18(15)3;/h5-6,10H,4,7-9,11H2,1-3H3,(H,16,17);1H. The molecule has 20 heavy (non-hydrogen) atoms.